The van der Waals surface area contributed by atoms with Gasteiger partial charge in [0, 0.05) is 30.0 Å². The fourth-order valence-electron chi connectivity index (χ4n) is 7.82. The third kappa shape index (κ3) is 7.78. The van der Waals surface area contributed by atoms with Crippen LogP contribution in [0.4, 0.5) is 20.6 Å². The summed E-state index contributed by atoms with van der Waals surface area (Å²) in [7, 11) is -3.95. The summed E-state index contributed by atoms with van der Waals surface area (Å²) in [5.74, 6) is -3.12. The molecule has 17 heteroatoms. The minimum Gasteiger partial charge on any atom is -0.444 e. The molecular formula is C39H49FN6O9S. The van der Waals surface area contributed by atoms with Crippen LogP contribution in [0.5, 0.6) is 0 Å². The number of benzene rings is 1. The Labute approximate surface area is 324 Å². The number of ether oxygens (including phenoxy) is 1. The SMILES string of the molecule is CCC(C)(C)Nc1c(N[C@H]2CCCCC/C=C\[C@H]3C[C@@]3(C(=O)NS(=O)(=O)C3CC3)NC(=O)[C@@H]3C[C@@H](OC(=O)N4Cc5cccc(F)c5C4)CN3C2=O)c(=O)c1=O. The predicted molar refractivity (Wildman–Crippen MR) is 204 cm³/mol. The molecule has 4 N–H and O–H groups in total. The summed E-state index contributed by atoms with van der Waals surface area (Å²) >= 11 is 0. The van der Waals surface area contributed by atoms with E-state index in [4.69, 9.17) is 4.74 Å². The first-order chi connectivity index (χ1) is 26.5. The third-order valence-electron chi connectivity index (χ3n) is 11.9. The summed E-state index contributed by atoms with van der Waals surface area (Å²) in [6, 6.07) is 2.27. The van der Waals surface area contributed by atoms with Gasteiger partial charge in [-0.3, -0.25) is 33.6 Å². The van der Waals surface area contributed by atoms with Gasteiger partial charge in [-0.05, 0) is 70.4 Å². The standard InChI is InChI=1S/C39H49FN6O9S/c1-4-38(2,3)42-31-30(32(47)33(31)48)41-28-14-9-7-5-6-8-12-23-18-39(23,36(51)44-56(53,54)25-15-16-25)43-34(49)29-17-24(20-46(29)35(28)50)55-37(52)45-19-22-11-10-13-27(40)26(22)21-45/h8,10-13,23-25,28-29,41-42H,4-7,9,14-21H2,1-3H3,(H,43,49)(H,44,51)/b12-8-/t23-,24+,28-,29-,39+/m0/s1. The molecule has 0 bridgehead atoms. The fourth-order valence-corrected chi connectivity index (χ4v) is 9.19. The lowest BCUT2D eigenvalue weighted by Gasteiger charge is -2.32. The quantitative estimate of drug-likeness (QED) is 0.215. The van der Waals surface area contributed by atoms with Crippen molar-refractivity contribution in [2.45, 2.75) is 133 Å². The molecule has 2 aromatic rings. The van der Waals surface area contributed by atoms with E-state index in [0.29, 0.717) is 49.7 Å². The number of sulfonamides is 1. The molecule has 4 amide bonds. The second kappa shape index (κ2) is 14.9. The molecule has 5 aliphatic rings. The Balaban J connectivity index is 1.17. The number of anilines is 2. The van der Waals surface area contributed by atoms with Gasteiger partial charge in [0.05, 0.1) is 18.3 Å². The van der Waals surface area contributed by atoms with Crippen molar-refractivity contribution in [2.24, 2.45) is 5.92 Å². The van der Waals surface area contributed by atoms with Crippen LogP contribution in [0.2, 0.25) is 0 Å². The molecule has 3 fully saturated rings. The second-order valence-electron chi connectivity index (χ2n) is 16.5. The molecule has 15 nitrogen and oxygen atoms in total. The van der Waals surface area contributed by atoms with Crippen LogP contribution in [0.1, 0.15) is 96.1 Å². The van der Waals surface area contributed by atoms with Gasteiger partial charge in [-0.15, -0.1) is 0 Å². The highest BCUT2D eigenvalue weighted by atomic mass is 32.2. The van der Waals surface area contributed by atoms with Crippen molar-refractivity contribution in [2.75, 3.05) is 17.2 Å². The van der Waals surface area contributed by atoms with Crippen LogP contribution in [0.15, 0.2) is 39.9 Å². The molecule has 2 saturated carbocycles. The maximum atomic E-state index is 14.7. The Morgan fingerprint density at radius 1 is 1.04 bits per heavy atom. The highest BCUT2D eigenvalue weighted by Crippen LogP contribution is 2.46. The van der Waals surface area contributed by atoms with Crippen molar-refractivity contribution >= 4 is 45.2 Å². The number of rotatable bonds is 9. The van der Waals surface area contributed by atoms with Crippen LogP contribution in [0.25, 0.3) is 0 Å². The summed E-state index contributed by atoms with van der Waals surface area (Å²) in [5.41, 5.74) is -2.52. The van der Waals surface area contributed by atoms with Crippen molar-refractivity contribution in [1.29, 1.82) is 0 Å². The van der Waals surface area contributed by atoms with Crippen molar-refractivity contribution in [3.8, 4) is 0 Å². The maximum Gasteiger partial charge on any atom is 0.410 e. The van der Waals surface area contributed by atoms with Crippen LogP contribution in [0, 0.1) is 11.7 Å². The van der Waals surface area contributed by atoms with Crippen LogP contribution < -0.4 is 31.5 Å². The zero-order valence-corrected chi connectivity index (χ0v) is 32.6. The molecular weight excluding hydrogens is 748 g/mol. The van der Waals surface area contributed by atoms with Gasteiger partial charge in [-0.25, -0.2) is 17.6 Å². The average Bonchev–Trinajstić information content (AvgIpc) is 4.04. The maximum absolute atomic E-state index is 14.7. The molecule has 0 unspecified atom stereocenters. The highest BCUT2D eigenvalue weighted by Gasteiger charge is 2.62. The van der Waals surface area contributed by atoms with E-state index in [1.54, 1.807) is 12.1 Å². The molecule has 1 saturated heterocycles. The van der Waals surface area contributed by atoms with E-state index >= 15 is 0 Å². The Morgan fingerprint density at radius 2 is 1.79 bits per heavy atom. The molecule has 56 heavy (non-hydrogen) atoms. The van der Waals surface area contributed by atoms with Crippen LogP contribution >= 0.6 is 0 Å². The summed E-state index contributed by atoms with van der Waals surface area (Å²) in [6.07, 6.45) is 6.34. The number of carbonyl (C=O) groups is 4. The lowest BCUT2D eigenvalue weighted by Crippen LogP contribution is -2.57. The molecule has 2 aliphatic carbocycles. The molecule has 0 spiro atoms. The van der Waals surface area contributed by atoms with Gasteiger partial charge in [-0.2, -0.15) is 0 Å². The van der Waals surface area contributed by atoms with Gasteiger partial charge in [0.15, 0.2) is 0 Å². The number of hydrogen-bond donors (Lipinski definition) is 4. The summed E-state index contributed by atoms with van der Waals surface area (Å²) in [6.45, 7) is 5.56. The smallest absolute Gasteiger partial charge is 0.410 e. The normalized spacial score (nSPS) is 27.6. The predicted octanol–water partition coefficient (Wildman–Crippen LogP) is 2.93. The first kappa shape index (κ1) is 39.4. The van der Waals surface area contributed by atoms with E-state index in [1.807, 2.05) is 32.9 Å². The minimum atomic E-state index is -3.95. The second-order valence-corrected chi connectivity index (χ2v) is 18.4. The first-order valence-corrected chi connectivity index (χ1v) is 21.0. The van der Waals surface area contributed by atoms with E-state index in [1.165, 1.54) is 15.9 Å². The van der Waals surface area contributed by atoms with Crippen LogP contribution in [-0.2, 0) is 42.2 Å². The fraction of sp³-hybridized carbons (Fsp3) is 0.590. The first-order valence-electron chi connectivity index (χ1n) is 19.5. The van der Waals surface area contributed by atoms with E-state index in [0.717, 1.165) is 6.42 Å². The number of amides is 4. The number of nitrogens with one attached hydrogen (secondary N) is 4. The molecule has 2 aromatic carbocycles. The monoisotopic (exact) mass is 796 g/mol. The highest BCUT2D eigenvalue weighted by molar-refractivity contribution is 7.91. The Kier molecular flexibility index (Phi) is 10.5. The van der Waals surface area contributed by atoms with Crippen molar-refractivity contribution in [3.63, 3.8) is 0 Å². The number of nitrogens with zero attached hydrogens (tertiary/aromatic N) is 2. The molecule has 3 aliphatic heterocycles. The van der Waals surface area contributed by atoms with Gasteiger partial charge in [0.1, 0.15) is 40.9 Å². The van der Waals surface area contributed by atoms with E-state index in [-0.39, 0.29) is 50.3 Å². The Hall–Kier alpha value is -4.80. The van der Waals surface area contributed by atoms with E-state index in [2.05, 4.69) is 20.7 Å². The zero-order chi connectivity index (χ0) is 40.2. The molecule has 0 aromatic heterocycles. The van der Waals surface area contributed by atoms with Crippen LogP contribution in [0.3, 0.4) is 0 Å². The number of allylic oxidation sites excluding steroid dienone is 1. The van der Waals surface area contributed by atoms with Crippen molar-refractivity contribution in [1.82, 2.24) is 19.8 Å². The van der Waals surface area contributed by atoms with Crippen LogP contribution in [-0.4, -0.2) is 83.1 Å². The van der Waals surface area contributed by atoms with Crippen molar-refractivity contribution < 1.29 is 36.7 Å². The number of carbonyl (C=O) groups excluding carboxylic acids is 4. The lowest BCUT2D eigenvalue weighted by molar-refractivity contribution is -0.140. The molecule has 0 radical (unpaired) electrons. The zero-order valence-electron chi connectivity index (χ0n) is 31.8. The Morgan fingerprint density at radius 3 is 2.50 bits per heavy atom. The largest absolute Gasteiger partial charge is 0.444 e. The van der Waals surface area contributed by atoms with E-state index in [9.17, 15) is 41.6 Å². The average molecular weight is 797 g/mol. The molecule has 7 rings (SSSR count). The van der Waals surface area contributed by atoms with Gasteiger partial charge in [-0.1, -0.05) is 44.1 Å². The van der Waals surface area contributed by atoms with E-state index < -0.39 is 90.9 Å². The van der Waals surface area contributed by atoms with Crippen molar-refractivity contribution in [3.05, 3.63) is 67.7 Å². The third-order valence-corrected chi connectivity index (χ3v) is 13.7. The number of hydrogen-bond acceptors (Lipinski definition) is 11. The lowest BCUT2D eigenvalue weighted by atomic mass is 9.99. The summed E-state index contributed by atoms with van der Waals surface area (Å²) in [4.78, 5) is 84.4. The summed E-state index contributed by atoms with van der Waals surface area (Å²) < 4.78 is 48.2. The summed E-state index contributed by atoms with van der Waals surface area (Å²) in [5, 5.41) is 8.27. The number of halogens is 1. The molecule has 302 valence electrons. The van der Waals surface area contributed by atoms with Gasteiger partial charge in [0.2, 0.25) is 21.8 Å². The molecule has 5 atom stereocenters. The minimum absolute atomic E-state index is 0.0184. The topological polar surface area (TPSA) is 200 Å². The van der Waals surface area contributed by atoms with Gasteiger partial charge < -0.3 is 25.6 Å². The van der Waals surface area contributed by atoms with Gasteiger partial charge in [0.25, 0.3) is 16.8 Å². The number of fused-ring (bicyclic) bond motifs is 3. The Bertz CT molecular complexity index is 2150. The molecule has 3 heterocycles. The van der Waals surface area contributed by atoms with Gasteiger partial charge >= 0.3 is 6.09 Å².